The summed E-state index contributed by atoms with van der Waals surface area (Å²) in [5.41, 5.74) is -1.57. The SMILES string of the molecule is O=C(NCCNc1ncc([N+](=O)[O-])cc1C(F)(F)F)c1ccccc1. The van der Waals surface area contributed by atoms with E-state index in [0.717, 1.165) is 6.20 Å². The molecule has 2 N–H and O–H groups in total. The van der Waals surface area contributed by atoms with E-state index in [1.165, 1.54) is 0 Å². The second kappa shape index (κ2) is 7.60. The molecule has 0 atom stereocenters. The Kier molecular flexibility index (Phi) is 5.52. The van der Waals surface area contributed by atoms with Crippen LogP contribution in [0.3, 0.4) is 0 Å². The van der Waals surface area contributed by atoms with Crippen LogP contribution in [0.2, 0.25) is 0 Å². The lowest BCUT2D eigenvalue weighted by molar-refractivity contribution is -0.385. The van der Waals surface area contributed by atoms with E-state index in [1.54, 1.807) is 30.3 Å². The van der Waals surface area contributed by atoms with Crippen LogP contribution in [0, 0.1) is 10.1 Å². The summed E-state index contributed by atoms with van der Waals surface area (Å²) in [7, 11) is 0. The molecule has 0 aliphatic heterocycles. The minimum Gasteiger partial charge on any atom is -0.368 e. The molecule has 0 spiro atoms. The summed E-state index contributed by atoms with van der Waals surface area (Å²) in [6.07, 6.45) is -4.06. The Balaban J connectivity index is 1.98. The van der Waals surface area contributed by atoms with Gasteiger partial charge in [-0.05, 0) is 12.1 Å². The molecule has 0 aliphatic carbocycles. The van der Waals surface area contributed by atoms with Crippen molar-refractivity contribution < 1.29 is 22.9 Å². The molecule has 1 amide bonds. The molecule has 0 radical (unpaired) electrons. The third kappa shape index (κ3) is 4.90. The number of nitrogens with one attached hydrogen (secondary N) is 2. The van der Waals surface area contributed by atoms with E-state index in [9.17, 15) is 28.1 Å². The molecular formula is C15H13F3N4O3. The number of nitro groups is 1. The van der Waals surface area contributed by atoms with Gasteiger partial charge >= 0.3 is 6.18 Å². The third-order valence-electron chi connectivity index (χ3n) is 3.13. The normalized spacial score (nSPS) is 11.0. The van der Waals surface area contributed by atoms with Gasteiger partial charge in [-0.3, -0.25) is 14.9 Å². The fourth-order valence-electron chi connectivity index (χ4n) is 1.96. The summed E-state index contributed by atoms with van der Waals surface area (Å²) in [4.78, 5) is 24.9. The Morgan fingerprint density at radius 3 is 2.48 bits per heavy atom. The van der Waals surface area contributed by atoms with Gasteiger partial charge in [-0.1, -0.05) is 18.2 Å². The van der Waals surface area contributed by atoms with Gasteiger partial charge in [-0.2, -0.15) is 13.2 Å². The van der Waals surface area contributed by atoms with E-state index >= 15 is 0 Å². The Labute approximate surface area is 140 Å². The number of hydrogen-bond donors (Lipinski definition) is 2. The summed E-state index contributed by atoms with van der Waals surface area (Å²) < 4.78 is 38.9. The van der Waals surface area contributed by atoms with Gasteiger partial charge in [-0.25, -0.2) is 4.98 Å². The van der Waals surface area contributed by atoms with Gasteiger partial charge in [0.1, 0.15) is 17.6 Å². The predicted molar refractivity (Wildman–Crippen MR) is 83.2 cm³/mol. The van der Waals surface area contributed by atoms with Crippen molar-refractivity contribution in [1.82, 2.24) is 10.3 Å². The van der Waals surface area contributed by atoms with Crippen LogP contribution in [0.5, 0.6) is 0 Å². The van der Waals surface area contributed by atoms with Crippen LogP contribution < -0.4 is 10.6 Å². The van der Waals surface area contributed by atoms with Crippen LogP contribution >= 0.6 is 0 Å². The second-order valence-corrected chi connectivity index (χ2v) is 4.89. The van der Waals surface area contributed by atoms with Crippen molar-refractivity contribution in [3.05, 3.63) is 63.8 Å². The highest BCUT2D eigenvalue weighted by Gasteiger charge is 2.36. The maximum absolute atomic E-state index is 13.0. The van der Waals surface area contributed by atoms with Crippen molar-refractivity contribution in [3.63, 3.8) is 0 Å². The molecule has 0 bridgehead atoms. The topological polar surface area (TPSA) is 97.2 Å². The summed E-state index contributed by atoms with van der Waals surface area (Å²) in [6, 6.07) is 8.73. The number of anilines is 1. The summed E-state index contributed by atoms with van der Waals surface area (Å²) in [5.74, 6) is -0.901. The fraction of sp³-hybridized carbons (Fsp3) is 0.200. The minimum atomic E-state index is -4.80. The molecule has 132 valence electrons. The lowest BCUT2D eigenvalue weighted by Crippen LogP contribution is -2.29. The molecule has 0 aliphatic rings. The number of alkyl halides is 3. The highest BCUT2D eigenvalue weighted by Crippen LogP contribution is 2.35. The largest absolute Gasteiger partial charge is 0.420 e. The van der Waals surface area contributed by atoms with E-state index in [1.807, 2.05) is 0 Å². The molecule has 25 heavy (non-hydrogen) atoms. The lowest BCUT2D eigenvalue weighted by atomic mass is 10.2. The molecule has 0 saturated heterocycles. The van der Waals surface area contributed by atoms with Gasteiger partial charge in [0.25, 0.3) is 11.6 Å². The van der Waals surface area contributed by atoms with Crippen LogP contribution in [0.15, 0.2) is 42.6 Å². The Hall–Kier alpha value is -3.17. The summed E-state index contributed by atoms with van der Waals surface area (Å²) in [6.45, 7) is 0.0101. The van der Waals surface area contributed by atoms with Gasteiger partial charge in [0.2, 0.25) is 0 Å². The first kappa shape index (κ1) is 18.2. The van der Waals surface area contributed by atoms with Gasteiger partial charge < -0.3 is 10.6 Å². The Morgan fingerprint density at radius 1 is 1.20 bits per heavy atom. The summed E-state index contributed by atoms with van der Waals surface area (Å²) in [5, 5.41) is 15.6. The Morgan fingerprint density at radius 2 is 1.88 bits per heavy atom. The molecule has 2 aromatic rings. The molecule has 10 heteroatoms. The van der Waals surface area contributed by atoms with Crippen molar-refractivity contribution in [2.45, 2.75) is 6.18 Å². The molecule has 0 saturated carbocycles. The van der Waals surface area contributed by atoms with Crippen LogP contribution in [-0.2, 0) is 6.18 Å². The van der Waals surface area contributed by atoms with Crippen LogP contribution in [0.1, 0.15) is 15.9 Å². The van der Waals surface area contributed by atoms with Crippen molar-refractivity contribution in [2.75, 3.05) is 18.4 Å². The maximum Gasteiger partial charge on any atom is 0.420 e. The van der Waals surface area contributed by atoms with Crippen molar-refractivity contribution in [1.29, 1.82) is 0 Å². The number of halogens is 3. The number of aromatic nitrogens is 1. The van der Waals surface area contributed by atoms with Gasteiger partial charge in [0, 0.05) is 24.7 Å². The molecule has 2 rings (SSSR count). The van der Waals surface area contributed by atoms with E-state index in [-0.39, 0.29) is 19.0 Å². The molecule has 0 unspecified atom stereocenters. The molecule has 7 nitrogen and oxygen atoms in total. The zero-order chi connectivity index (χ0) is 18.4. The van der Waals surface area contributed by atoms with Crippen molar-refractivity contribution in [3.8, 4) is 0 Å². The van der Waals surface area contributed by atoms with Gasteiger partial charge in [-0.15, -0.1) is 0 Å². The molecule has 1 aromatic carbocycles. The monoisotopic (exact) mass is 354 g/mol. The molecular weight excluding hydrogens is 341 g/mol. The number of pyridine rings is 1. The minimum absolute atomic E-state index is 0.0353. The molecule has 0 fully saturated rings. The second-order valence-electron chi connectivity index (χ2n) is 4.89. The number of amides is 1. The molecule has 1 aromatic heterocycles. The van der Waals surface area contributed by atoms with Crippen molar-refractivity contribution >= 4 is 17.4 Å². The average Bonchev–Trinajstić information content (AvgIpc) is 2.58. The predicted octanol–water partition coefficient (Wildman–Crippen LogP) is 2.85. The van der Waals surface area contributed by atoms with E-state index in [2.05, 4.69) is 15.6 Å². The lowest BCUT2D eigenvalue weighted by Gasteiger charge is -2.13. The van der Waals surface area contributed by atoms with Crippen LogP contribution in [-0.4, -0.2) is 28.9 Å². The number of carbonyl (C=O) groups is 1. The van der Waals surface area contributed by atoms with Crippen LogP contribution in [0.4, 0.5) is 24.7 Å². The highest BCUT2D eigenvalue weighted by atomic mass is 19.4. The first-order valence-electron chi connectivity index (χ1n) is 7.08. The zero-order valence-electron chi connectivity index (χ0n) is 12.7. The number of benzene rings is 1. The molecule has 1 heterocycles. The summed E-state index contributed by atoms with van der Waals surface area (Å²) >= 11 is 0. The average molecular weight is 354 g/mol. The third-order valence-corrected chi connectivity index (χ3v) is 3.13. The van der Waals surface area contributed by atoms with Crippen LogP contribution in [0.25, 0.3) is 0 Å². The van der Waals surface area contributed by atoms with E-state index in [0.29, 0.717) is 11.6 Å². The Bertz CT molecular complexity index is 766. The highest BCUT2D eigenvalue weighted by molar-refractivity contribution is 5.94. The van der Waals surface area contributed by atoms with E-state index < -0.39 is 28.2 Å². The standard InChI is InChI=1S/C15H13F3N4O3/c16-15(17,18)12-8-11(22(24)25)9-21-13(12)19-6-7-20-14(23)10-4-2-1-3-5-10/h1-5,8-9H,6-7H2,(H,19,21)(H,20,23). The zero-order valence-corrected chi connectivity index (χ0v) is 12.7. The van der Waals surface area contributed by atoms with Crippen molar-refractivity contribution in [2.24, 2.45) is 0 Å². The fourth-order valence-corrected chi connectivity index (χ4v) is 1.96. The first-order valence-corrected chi connectivity index (χ1v) is 7.08. The number of hydrogen-bond acceptors (Lipinski definition) is 5. The number of carbonyl (C=O) groups excluding carboxylic acids is 1. The quantitative estimate of drug-likeness (QED) is 0.472. The van der Waals surface area contributed by atoms with Gasteiger partial charge in [0.15, 0.2) is 0 Å². The smallest absolute Gasteiger partial charge is 0.368 e. The first-order chi connectivity index (χ1) is 11.8. The number of nitrogens with zero attached hydrogens (tertiary/aromatic N) is 2. The van der Waals surface area contributed by atoms with Gasteiger partial charge in [0.05, 0.1) is 4.92 Å². The maximum atomic E-state index is 13.0. The number of rotatable bonds is 6. The van der Waals surface area contributed by atoms with E-state index in [4.69, 9.17) is 0 Å².